The van der Waals surface area contributed by atoms with Crippen molar-refractivity contribution in [3.8, 4) is 11.8 Å². The monoisotopic (exact) mass is 311 g/mol. The Bertz CT molecular complexity index is 605. The van der Waals surface area contributed by atoms with E-state index in [2.05, 4.69) is 22.2 Å². The van der Waals surface area contributed by atoms with Crippen LogP contribution in [0.5, 0.6) is 11.8 Å². The van der Waals surface area contributed by atoms with Gasteiger partial charge in [0.15, 0.2) is 5.75 Å². The van der Waals surface area contributed by atoms with Gasteiger partial charge in [-0.25, -0.2) is 4.98 Å². The van der Waals surface area contributed by atoms with Crippen molar-refractivity contribution >= 4 is 23.2 Å². The zero-order valence-electron chi connectivity index (χ0n) is 11.3. The highest BCUT2D eigenvalue weighted by Gasteiger charge is 2.08. The van der Waals surface area contributed by atoms with Crippen molar-refractivity contribution in [1.29, 1.82) is 0 Å². The van der Waals surface area contributed by atoms with E-state index >= 15 is 0 Å². The minimum atomic E-state index is 0.256. The van der Waals surface area contributed by atoms with Crippen LogP contribution in [0, 0.1) is 6.92 Å². The predicted molar refractivity (Wildman–Crippen MR) is 80.7 cm³/mol. The molecule has 0 aliphatic rings. The maximum atomic E-state index is 6.04. The van der Waals surface area contributed by atoms with Gasteiger partial charge >= 0.3 is 6.01 Å². The van der Waals surface area contributed by atoms with Crippen LogP contribution in [0.2, 0.25) is 10.0 Å². The molecule has 1 N–H and O–H groups in total. The molecule has 0 amide bonds. The van der Waals surface area contributed by atoms with E-state index in [1.165, 1.54) is 0 Å². The average Bonchev–Trinajstić information content (AvgIpc) is 2.42. The molecular formula is C14H15Cl2N3O. The summed E-state index contributed by atoms with van der Waals surface area (Å²) in [5, 5.41) is 4.24. The van der Waals surface area contributed by atoms with E-state index in [1.54, 1.807) is 24.4 Å². The van der Waals surface area contributed by atoms with Crippen LogP contribution in [0.4, 0.5) is 0 Å². The molecule has 20 heavy (non-hydrogen) atoms. The van der Waals surface area contributed by atoms with E-state index in [9.17, 15) is 0 Å². The summed E-state index contributed by atoms with van der Waals surface area (Å²) in [5.41, 5.74) is 1.91. The molecule has 0 fully saturated rings. The van der Waals surface area contributed by atoms with Crippen molar-refractivity contribution in [2.75, 3.05) is 6.54 Å². The molecule has 1 heterocycles. The Kier molecular flexibility index (Phi) is 5.17. The fraction of sp³-hybridized carbons (Fsp3) is 0.286. The molecule has 2 aromatic rings. The summed E-state index contributed by atoms with van der Waals surface area (Å²) in [6.07, 6.45) is 1.75. The first-order valence-corrected chi connectivity index (χ1v) is 7.02. The van der Waals surface area contributed by atoms with Crippen LogP contribution in [-0.4, -0.2) is 16.5 Å². The second kappa shape index (κ2) is 6.88. The number of halogens is 2. The van der Waals surface area contributed by atoms with Crippen molar-refractivity contribution in [3.63, 3.8) is 0 Å². The third kappa shape index (κ3) is 3.82. The molecule has 0 bridgehead atoms. The summed E-state index contributed by atoms with van der Waals surface area (Å²) in [6, 6.07) is 5.26. The van der Waals surface area contributed by atoms with E-state index in [1.807, 2.05) is 6.92 Å². The van der Waals surface area contributed by atoms with E-state index < -0.39 is 0 Å². The lowest BCUT2D eigenvalue weighted by Crippen LogP contribution is -2.13. The zero-order chi connectivity index (χ0) is 14.5. The van der Waals surface area contributed by atoms with Gasteiger partial charge in [0.1, 0.15) is 0 Å². The maximum absolute atomic E-state index is 6.04. The fourth-order valence-corrected chi connectivity index (χ4v) is 1.93. The summed E-state index contributed by atoms with van der Waals surface area (Å²) >= 11 is 11.9. The Balaban J connectivity index is 2.17. The van der Waals surface area contributed by atoms with E-state index in [0.717, 1.165) is 24.3 Å². The molecule has 6 heteroatoms. The molecule has 0 aliphatic heterocycles. The zero-order valence-corrected chi connectivity index (χ0v) is 12.8. The van der Waals surface area contributed by atoms with Crippen LogP contribution in [-0.2, 0) is 6.54 Å². The van der Waals surface area contributed by atoms with Crippen LogP contribution < -0.4 is 10.1 Å². The lowest BCUT2D eigenvalue weighted by molar-refractivity contribution is 0.439. The smallest absolute Gasteiger partial charge is 0.322 e. The number of rotatable bonds is 5. The summed E-state index contributed by atoms with van der Waals surface area (Å²) in [6.45, 7) is 5.60. The molecule has 0 atom stereocenters. The number of hydrogen-bond donors (Lipinski definition) is 1. The fourth-order valence-electron chi connectivity index (χ4n) is 1.61. The molecule has 1 aromatic carbocycles. The normalized spacial score (nSPS) is 10.6. The first kappa shape index (κ1) is 15.0. The van der Waals surface area contributed by atoms with E-state index in [-0.39, 0.29) is 6.01 Å². The second-order valence-electron chi connectivity index (χ2n) is 4.22. The van der Waals surface area contributed by atoms with Gasteiger partial charge in [0.05, 0.1) is 5.02 Å². The summed E-state index contributed by atoms with van der Waals surface area (Å²) in [7, 11) is 0. The van der Waals surface area contributed by atoms with Crippen LogP contribution in [0.25, 0.3) is 0 Å². The number of nitrogens with zero attached hydrogens (tertiary/aromatic N) is 2. The minimum Gasteiger partial charge on any atom is -0.423 e. The van der Waals surface area contributed by atoms with Crippen LogP contribution >= 0.6 is 23.2 Å². The first-order valence-electron chi connectivity index (χ1n) is 6.26. The van der Waals surface area contributed by atoms with Gasteiger partial charge in [0, 0.05) is 35.1 Å². The molecular weight excluding hydrogens is 297 g/mol. The molecule has 4 nitrogen and oxygen atoms in total. The van der Waals surface area contributed by atoms with Gasteiger partial charge < -0.3 is 10.1 Å². The summed E-state index contributed by atoms with van der Waals surface area (Å²) < 4.78 is 5.57. The van der Waals surface area contributed by atoms with Gasteiger partial charge in [0.2, 0.25) is 0 Å². The van der Waals surface area contributed by atoms with Gasteiger partial charge in [-0.3, -0.25) is 0 Å². The third-order valence-electron chi connectivity index (χ3n) is 2.72. The molecule has 0 unspecified atom stereocenters. The molecule has 0 aliphatic carbocycles. The molecule has 0 radical (unpaired) electrons. The molecule has 0 saturated carbocycles. The number of ether oxygens (including phenoxy) is 1. The molecule has 1 aromatic heterocycles. The van der Waals surface area contributed by atoms with Crippen molar-refractivity contribution in [2.45, 2.75) is 20.4 Å². The van der Waals surface area contributed by atoms with Crippen molar-refractivity contribution in [2.24, 2.45) is 0 Å². The van der Waals surface area contributed by atoms with E-state index in [0.29, 0.717) is 15.8 Å². The Morgan fingerprint density at radius 1 is 1.30 bits per heavy atom. The minimum absolute atomic E-state index is 0.256. The first-order chi connectivity index (χ1) is 9.60. The van der Waals surface area contributed by atoms with Crippen LogP contribution in [0.3, 0.4) is 0 Å². The molecule has 0 spiro atoms. The van der Waals surface area contributed by atoms with Crippen molar-refractivity contribution in [3.05, 3.63) is 45.7 Å². The topological polar surface area (TPSA) is 47.0 Å². The highest BCUT2D eigenvalue weighted by Crippen LogP contribution is 2.30. The summed E-state index contributed by atoms with van der Waals surface area (Å²) in [5.74, 6) is 0.443. The van der Waals surface area contributed by atoms with Crippen LogP contribution in [0.1, 0.15) is 18.2 Å². The number of aryl methyl sites for hydroxylation is 1. The Labute approximate surface area is 128 Å². The van der Waals surface area contributed by atoms with Crippen LogP contribution in [0.15, 0.2) is 24.4 Å². The predicted octanol–water partition coefficient (Wildman–Crippen LogP) is 3.99. The lowest BCUT2D eigenvalue weighted by atomic mass is 10.2. The third-order valence-corrected chi connectivity index (χ3v) is 3.27. The SMILES string of the molecule is CCNCc1cnc(Oc2cc(Cl)ccc2Cl)nc1C. The van der Waals surface area contributed by atoms with Crippen molar-refractivity contribution < 1.29 is 4.74 Å². The Hall–Kier alpha value is -1.36. The number of benzene rings is 1. The van der Waals surface area contributed by atoms with Gasteiger partial charge in [-0.1, -0.05) is 30.1 Å². The average molecular weight is 312 g/mol. The Morgan fingerprint density at radius 2 is 2.10 bits per heavy atom. The molecule has 106 valence electrons. The van der Waals surface area contributed by atoms with Gasteiger partial charge in [-0.05, 0) is 25.6 Å². The van der Waals surface area contributed by atoms with Gasteiger partial charge in [-0.2, -0.15) is 4.98 Å². The van der Waals surface area contributed by atoms with E-state index in [4.69, 9.17) is 27.9 Å². The largest absolute Gasteiger partial charge is 0.423 e. The highest BCUT2D eigenvalue weighted by atomic mass is 35.5. The standard InChI is InChI=1S/C14H15Cl2N3O/c1-3-17-7-10-8-18-14(19-9(10)2)20-13-6-11(15)4-5-12(13)16/h4-6,8,17H,3,7H2,1-2H3. The molecule has 2 rings (SSSR count). The second-order valence-corrected chi connectivity index (χ2v) is 5.06. The number of aromatic nitrogens is 2. The summed E-state index contributed by atoms with van der Waals surface area (Å²) in [4.78, 5) is 8.50. The lowest BCUT2D eigenvalue weighted by Gasteiger charge is -2.09. The number of nitrogens with one attached hydrogen (secondary N) is 1. The van der Waals surface area contributed by atoms with Crippen molar-refractivity contribution in [1.82, 2.24) is 15.3 Å². The van der Waals surface area contributed by atoms with Gasteiger partial charge in [-0.15, -0.1) is 0 Å². The molecule has 0 saturated heterocycles. The quantitative estimate of drug-likeness (QED) is 0.906. The Morgan fingerprint density at radius 3 is 2.80 bits per heavy atom. The number of hydrogen-bond acceptors (Lipinski definition) is 4. The highest BCUT2D eigenvalue weighted by molar-refractivity contribution is 6.34. The van der Waals surface area contributed by atoms with Gasteiger partial charge in [0.25, 0.3) is 0 Å². The maximum Gasteiger partial charge on any atom is 0.322 e.